The van der Waals surface area contributed by atoms with E-state index in [0.29, 0.717) is 21.6 Å². The van der Waals surface area contributed by atoms with Crippen LogP contribution in [0.1, 0.15) is 6.92 Å². The fourth-order valence-electron chi connectivity index (χ4n) is 1.66. The fourth-order valence-corrected chi connectivity index (χ4v) is 2.74. The van der Waals surface area contributed by atoms with Crippen molar-refractivity contribution in [1.82, 2.24) is 24.9 Å². The molecule has 3 aromatic rings. The van der Waals surface area contributed by atoms with Crippen LogP contribution in [0.25, 0.3) is 11.2 Å². The molecular formula is C12H11ClN6S. The quantitative estimate of drug-likeness (QED) is 0.721. The second kappa shape index (κ2) is 5.64. The van der Waals surface area contributed by atoms with Gasteiger partial charge in [-0.25, -0.2) is 15.0 Å². The standard InChI is InChI=1S/C12H11ClN6S/c1-2-14-12-18-9-8(16-6-17-9)11(19-12)20-10-7(13)4-3-5-15-10/h3-6H,2H2,1H3,(H2,14,16,17,18,19). The number of fused-ring (bicyclic) bond motifs is 1. The normalized spacial score (nSPS) is 10.9. The smallest absolute Gasteiger partial charge is 0.225 e. The molecule has 0 atom stereocenters. The number of imidazole rings is 1. The Labute approximate surface area is 124 Å². The van der Waals surface area contributed by atoms with Crippen molar-refractivity contribution in [3.8, 4) is 0 Å². The van der Waals surface area contributed by atoms with E-state index in [-0.39, 0.29) is 0 Å². The monoisotopic (exact) mass is 306 g/mol. The lowest BCUT2D eigenvalue weighted by molar-refractivity contribution is 1.03. The topological polar surface area (TPSA) is 79.4 Å². The van der Waals surface area contributed by atoms with Gasteiger partial charge in [-0.15, -0.1) is 0 Å². The largest absolute Gasteiger partial charge is 0.354 e. The summed E-state index contributed by atoms with van der Waals surface area (Å²) in [6, 6.07) is 3.59. The van der Waals surface area contributed by atoms with Gasteiger partial charge in [0.1, 0.15) is 15.6 Å². The van der Waals surface area contributed by atoms with Gasteiger partial charge in [-0.1, -0.05) is 11.6 Å². The Bertz CT molecular complexity index is 744. The molecule has 0 aliphatic heterocycles. The van der Waals surface area contributed by atoms with E-state index in [4.69, 9.17) is 11.6 Å². The molecule has 0 saturated carbocycles. The van der Waals surface area contributed by atoms with Crippen LogP contribution >= 0.6 is 23.4 Å². The molecule has 0 saturated heterocycles. The van der Waals surface area contributed by atoms with Gasteiger partial charge in [-0.05, 0) is 30.8 Å². The number of pyridine rings is 1. The number of hydrogen-bond acceptors (Lipinski definition) is 6. The van der Waals surface area contributed by atoms with Gasteiger partial charge in [-0.3, -0.25) is 0 Å². The summed E-state index contributed by atoms with van der Waals surface area (Å²) in [4.78, 5) is 20.3. The van der Waals surface area contributed by atoms with Crippen LogP contribution < -0.4 is 5.32 Å². The number of nitrogens with zero attached hydrogens (tertiary/aromatic N) is 4. The van der Waals surface area contributed by atoms with Crippen LogP contribution in [0.2, 0.25) is 5.02 Å². The SMILES string of the molecule is CCNc1nc(Sc2ncccc2Cl)c2[nH]cnc2n1. The first-order valence-electron chi connectivity index (χ1n) is 6.01. The van der Waals surface area contributed by atoms with E-state index in [1.165, 1.54) is 11.8 Å². The molecule has 0 aliphatic rings. The highest BCUT2D eigenvalue weighted by molar-refractivity contribution is 7.99. The predicted molar refractivity (Wildman–Crippen MR) is 79.2 cm³/mol. The predicted octanol–water partition coefficient (Wildman–Crippen LogP) is 2.98. The Morgan fingerprint density at radius 3 is 3.00 bits per heavy atom. The number of halogens is 1. The van der Waals surface area contributed by atoms with Crippen molar-refractivity contribution in [2.75, 3.05) is 11.9 Å². The number of aromatic nitrogens is 5. The minimum absolute atomic E-state index is 0.543. The summed E-state index contributed by atoms with van der Waals surface area (Å²) in [5.41, 5.74) is 1.39. The van der Waals surface area contributed by atoms with E-state index in [9.17, 15) is 0 Å². The number of rotatable bonds is 4. The molecular weight excluding hydrogens is 296 g/mol. The molecule has 0 amide bonds. The third-order valence-electron chi connectivity index (χ3n) is 2.51. The third-order valence-corrected chi connectivity index (χ3v) is 3.93. The van der Waals surface area contributed by atoms with Gasteiger partial charge in [0.25, 0.3) is 0 Å². The van der Waals surface area contributed by atoms with E-state index >= 15 is 0 Å². The Morgan fingerprint density at radius 1 is 1.30 bits per heavy atom. The minimum atomic E-state index is 0.543. The van der Waals surface area contributed by atoms with Gasteiger partial charge in [0.05, 0.1) is 11.3 Å². The summed E-state index contributed by atoms with van der Waals surface area (Å²) in [6.45, 7) is 2.73. The molecule has 0 radical (unpaired) electrons. The number of aromatic amines is 1. The summed E-state index contributed by atoms with van der Waals surface area (Å²) in [5.74, 6) is 0.543. The van der Waals surface area contributed by atoms with Gasteiger partial charge in [0.15, 0.2) is 5.65 Å². The molecule has 0 aliphatic carbocycles. The Hall–Kier alpha value is -1.86. The Morgan fingerprint density at radius 2 is 2.20 bits per heavy atom. The van der Waals surface area contributed by atoms with Crippen LogP contribution in [-0.2, 0) is 0 Å². The van der Waals surface area contributed by atoms with E-state index in [0.717, 1.165) is 17.1 Å². The van der Waals surface area contributed by atoms with Crippen LogP contribution in [0.5, 0.6) is 0 Å². The van der Waals surface area contributed by atoms with Crippen LogP contribution in [0.4, 0.5) is 5.95 Å². The van der Waals surface area contributed by atoms with Crippen LogP contribution in [-0.4, -0.2) is 31.5 Å². The summed E-state index contributed by atoms with van der Waals surface area (Å²) in [5, 5.41) is 5.12. The summed E-state index contributed by atoms with van der Waals surface area (Å²) >= 11 is 7.51. The third kappa shape index (κ3) is 2.54. The van der Waals surface area contributed by atoms with Gasteiger partial charge in [-0.2, -0.15) is 4.98 Å². The molecule has 6 nitrogen and oxygen atoms in total. The molecule has 8 heteroatoms. The second-order valence-corrected chi connectivity index (χ2v) is 5.26. The van der Waals surface area contributed by atoms with Crippen LogP contribution in [0.15, 0.2) is 34.7 Å². The maximum Gasteiger partial charge on any atom is 0.225 e. The molecule has 102 valence electrons. The number of nitrogens with one attached hydrogen (secondary N) is 2. The fraction of sp³-hybridized carbons (Fsp3) is 0.167. The van der Waals surface area contributed by atoms with E-state index in [1.54, 1.807) is 24.7 Å². The van der Waals surface area contributed by atoms with Crippen molar-refractivity contribution in [2.24, 2.45) is 0 Å². The lowest BCUT2D eigenvalue weighted by atomic mass is 10.5. The zero-order chi connectivity index (χ0) is 13.9. The maximum absolute atomic E-state index is 6.13. The minimum Gasteiger partial charge on any atom is -0.354 e. The Balaban J connectivity index is 2.05. The van der Waals surface area contributed by atoms with E-state index in [2.05, 4.69) is 30.2 Å². The first-order valence-corrected chi connectivity index (χ1v) is 7.20. The summed E-state index contributed by atoms with van der Waals surface area (Å²) in [6.07, 6.45) is 3.30. The highest BCUT2D eigenvalue weighted by atomic mass is 35.5. The average molecular weight is 307 g/mol. The first-order chi connectivity index (χ1) is 9.78. The zero-order valence-corrected chi connectivity index (χ0v) is 12.2. The highest BCUT2D eigenvalue weighted by Crippen LogP contribution is 2.33. The lowest BCUT2D eigenvalue weighted by Gasteiger charge is -2.06. The number of anilines is 1. The first kappa shape index (κ1) is 13.1. The molecule has 3 rings (SSSR count). The molecule has 0 aromatic carbocycles. The van der Waals surface area contributed by atoms with Crippen LogP contribution in [0.3, 0.4) is 0 Å². The Kier molecular flexibility index (Phi) is 3.70. The van der Waals surface area contributed by atoms with Crippen molar-refractivity contribution in [2.45, 2.75) is 17.0 Å². The lowest BCUT2D eigenvalue weighted by Crippen LogP contribution is -2.03. The second-order valence-electron chi connectivity index (χ2n) is 3.88. The summed E-state index contributed by atoms with van der Waals surface area (Å²) < 4.78 is 0. The van der Waals surface area contributed by atoms with Crippen LogP contribution in [0, 0.1) is 0 Å². The van der Waals surface area contributed by atoms with Crippen molar-refractivity contribution >= 4 is 40.5 Å². The molecule has 20 heavy (non-hydrogen) atoms. The average Bonchev–Trinajstić information content (AvgIpc) is 2.90. The maximum atomic E-state index is 6.13. The molecule has 0 unspecified atom stereocenters. The van der Waals surface area contributed by atoms with Crippen molar-refractivity contribution < 1.29 is 0 Å². The van der Waals surface area contributed by atoms with E-state index < -0.39 is 0 Å². The van der Waals surface area contributed by atoms with E-state index in [1.807, 2.05) is 6.92 Å². The molecule has 3 aromatic heterocycles. The zero-order valence-electron chi connectivity index (χ0n) is 10.6. The highest BCUT2D eigenvalue weighted by Gasteiger charge is 2.13. The van der Waals surface area contributed by atoms with Gasteiger partial charge >= 0.3 is 0 Å². The van der Waals surface area contributed by atoms with Gasteiger partial charge < -0.3 is 10.3 Å². The molecule has 0 spiro atoms. The summed E-state index contributed by atoms with van der Waals surface area (Å²) in [7, 11) is 0. The van der Waals surface area contributed by atoms with Gasteiger partial charge in [0, 0.05) is 12.7 Å². The molecule has 3 heterocycles. The van der Waals surface area contributed by atoms with Crippen molar-refractivity contribution in [3.63, 3.8) is 0 Å². The number of hydrogen-bond donors (Lipinski definition) is 2. The molecule has 0 fully saturated rings. The number of H-pyrrole nitrogens is 1. The molecule has 0 bridgehead atoms. The van der Waals surface area contributed by atoms with Crippen molar-refractivity contribution in [1.29, 1.82) is 0 Å². The molecule has 2 N–H and O–H groups in total. The van der Waals surface area contributed by atoms with Gasteiger partial charge in [0.2, 0.25) is 5.95 Å². The van der Waals surface area contributed by atoms with Crippen molar-refractivity contribution in [3.05, 3.63) is 29.7 Å².